The molecule has 8 aromatic heterocycles. The first-order valence-corrected chi connectivity index (χ1v) is 57.9. The van der Waals surface area contributed by atoms with Gasteiger partial charge in [0.15, 0.2) is 39.3 Å². The number of alkyl halides is 3. The summed E-state index contributed by atoms with van der Waals surface area (Å²) in [4.78, 5) is 35.3. The molecule has 0 spiro atoms. The van der Waals surface area contributed by atoms with E-state index in [9.17, 15) is 9.59 Å². The first-order valence-electron chi connectivity index (χ1n) is 49.9. The highest BCUT2D eigenvalue weighted by atomic mass is 35.6. The van der Waals surface area contributed by atoms with Gasteiger partial charge in [0.25, 0.3) is 0 Å². The Kier molecular flexibility index (Phi) is 33.1. The average molecular weight is 2070 g/mol. The van der Waals surface area contributed by atoms with Crippen LogP contribution in [0.5, 0.6) is 46.0 Å². The number of ether oxygens (including phenoxy) is 8. The maximum atomic E-state index is 12.6. The summed E-state index contributed by atoms with van der Waals surface area (Å²) < 4.78 is 59.6. The van der Waals surface area contributed by atoms with Gasteiger partial charge in [-0.25, -0.2) is 0 Å². The minimum Gasteiger partial charge on any atom is -0.494 e. The second-order valence-electron chi connectivity index (χ2n) is 37.1. The van der Waals surface area contributed by atoms with Gasteiger partial charge in [-0.15, -0.1) is 90.7 Å². The van der Waals surface area contributed by atoms with E-state index in [1.54, 1.807) is 45.3 Å². The summed E-state index contributed by atoms with van der Waals surface area (Å²) in [5.74, 6) is 6.62. The van der Waals surface area contributed by atoms with Crippen molar-refractivity contribution in [2.45, 2.75) is 236 Å². The molecule has 0 bridgehead atoms. The molecule has 0 saturated carbocycles. The molecule has 4 aliphatic heterocycles. The largest absolute Gasteiger partial charge is 0.494 e. The first-order chi connectivity index (χ1) is 68.5. The van der Waals surface area contributed by atoms with E-state index in [2.05, 4.69) is 272 Å². The molecule has 16 aromatic rings. The molecule has 0 N–H and O–H groups in total. The molecule has 10 nitrogen and oxygen atoms in total. The van der Waals surface area contributed by atoms with Crippen molar-refractivity contribution in [3.8, 4) is 85.0 Å². The molecule has 8 aromatic carbocycles. The van der Waals surface area contributed by atoms with Crippen molar-refractivity contribution < 1.29 is 47.5 Å². The van der Waals surface area contributed by atoms with E-state index in [0.717, 1.165) is 194 Å². The minimum absolute atomic E-state index is 0.605. The Hall–Kier alpha value is -9.51. The summed E-state index contributed by atoms with van der Waals surface area (Å²) in [6, 6.07) is 77.8. The molecular formula is C119H121Cl3O10S8. The van der Waals surface area contributed by atoms with Gasteiger partial charge >= 0.3 is 0 Å². The molecule has 0 aliphatic carbocycles. The van der Waals surface area contributed by atoms with Crippen molar-refractivity contribution in [3.05, 3.63) is 328 Å². The highest BCUT2D eigenvalue weighted by Gasteiger charge is 2.56. The number of unbranched alkanes of at least 4 members (excludes halogenated alkanes) is 20. The van der Waals surface area contributed by atoms with Gasteiger partial charge in [-0.1, -0.05) is 359 Å². The van der Waals surface area contributed by atoms with Gasteiger partial charge in [-0.3, -0.25) is 9.59 Å². The van der Waals surface area contributed by atoms with Crippen LogP contribution in [0, 0.1) is 27.7 Å². The lowest BCUT2D eigenvalue weighted by atomic mass is 9.76. The zero-order valence-corrected chi connectivity index (χ0v) is 89.8. The number of fused-ring (bicyclic) bond motifs is 18. The zero-order valence-electron chi connectivity index (χ0n) is 81.0. The summed E-state index contributed by atoms with van der Waals surface area (Å²) in [6.07, 6.45) is 31.1. The van der Waals surface area contributed by atoms with Crippen LogP contribution < -0.4 is 37.9 Å². The van der Waals surface area contributed by atoms with Gasteiger partial charge in [0.05, 0.1) is 94.0 Å². The van der Waals surface area contributed by atoms with Crippen molar-refractivity contribution in [2.75, 3.05) is 26.4 Å². The number of thiophene rings is 8. The van der Waals surface area contributed by atoms with Gasteiger partial charge in [-0.05, 0) is 125 Å². The van der Waals surface area contributed by atoms with Crippen LogP contribution in [0.15, 0.2) is 229 Å². The predicted octanol–water partition coefficient (Wildman–Crippen LogP) is 37.4. The summed E-state index contributed by atoms with van der Waals surface area (Å²) in [5, 5.41) is 4.35. The number of rotatable bonds is 42. The number of hydrogen-bond acceptors (Lipinski definition) is 18. The zero-order chi connectivity index (χ0) is 96.9. The molecule has 4 unspecified atom stereocenters. The average Bonchev–Trinajstić information content (AvgIpc) is 1.51. The Morgan fingerprint density at radius 3 is 0.700 bits per heavy atom. The lowest BCUT2D eigenvalue weighted by Gasteiger charge is -2.39. The van der Waals surface area contributed by atoms with E-state index < -0.39 is 26.7 Å². The molecule has 4 aliphatic rings. The molecule has 12 heterocycles. The number of halogens is 3. The predicted molar refractivity (Wildman–Crippen MR) is 593 cm³/mol. The van der Waals surface area contributed by atoms with Crippen LogP contribution in [0.2, 0.25) is 0 Å². The van der Waals surface area contributed by atoms with Crippen molar-refractivity contribution in [1.29, 1.82) is 0 Å². The molecule has 0 saturated heterocycles. The number of benzene rings is 8. The van der Waals surface area contributed by atoms with Gasteiger partial charge in [0.1, 0.15) is 46.0 Å². The highest BCUT2D eigenvalue weighted by molar-refractivity contribution is 7.35. The Bertz CT molecular complexity index is 6430. The van der Waals surface area contributed by atoms with Crippen LogP contribution in [0.4, 0.5) is 0 Å². The number of carbonyl (C=O) groups excluding carboxylic acids is 2. The summed E-state index contributed by atoms with van der Waals surface area (Å²) in [5.41, 5.74) is 13.3. The molecule has 20 rings (SSSR count). The van der Waals surface area contributed by atoms with Crippen molar-refractivity contribution in [1.82, 2.24) is 0 Å². The van der Waals surface area contributed by atoms with E-state index >= 15 is 0 Å². The van der Waals surface area contributed by atoms with Gasteiger partial charge in [-0.2, -0.15) is 0 Å². The van der Waals surface area contributed by atoms with E-state index in [1.807, 2.05) is 34.8 Å². The third-order valence-electron chi connectivity index (χ3n) is 27.2. The number of hydrogen-bond donors (Lipinski definition) is 0. The fourth-order valence-electron chi connectivity index (χ4n) is 20.0. The molecule has 0 amide bonds. The highest BCUT2D eigenvalue weighted by Crippen LogP contribution is 2.69. The van der Waals surface area contributed by atoms with Crippen molar-refractivity contribution >= 4 is 157 Å². The van der Waals surface area contributed by atoms with Crippen LogP contribution in [0.3, 0.4) is 0 Å². The molecule has 0 fully saturated rings. The second-order valence-corrected chi connectivity index (χ2v) is 47.2. The standard InChI is InChI=1S/C60H60O6S4.C58H60O4S4.CHCl3/c1-5-7-9-11-13-15-33-63-45-29-25-43(26-30-45)59(41-21-17-39(3)18-22-41)51-55(53-49(65-59)35-47(37-61)67-53)69-58-52-56(70-57(51)58)54-50(36-48(38-62)68-54)66-60(52,42-23-19-40(4)20-24-42)44-27-31-46(32-28-44)64-34-16-14-12-10-8-6-2;1-5-7-9-11-13-15-35-59-45-29-25-43(26-30-45)57(41-21-17-39(3)18-22-41)49-53(51-47(61-57)33-37-63-51)65-56-50-54(66-55(49)56)52-48(34-38-64-52)62-58(50,42-23-19-40(4)20-24-42)44-27-31-46(32-28-44)60-36-16-14-12-10-8-6-2;2-1(3)4/h17-32,35-38H,5-16,33-34H2,1-4H3;17-34,37-38H,5-16,35-36H2,1-4H3;1H. The minimum atomic E-state index is -1.12. The van der Waals surface area contributed by atoms with E-state index in [1.165, 1.54) is 189 Å². The maximum Gasteiger partial charge on any atom is 0.187 e. The molecular weight excluding hydrogens is 1950 g/mol. The first kappa shape index (κ1) is 101. The fourth-order valence-corrected chi connectivity index (χ4v) is 30.2. The third kappa shape index (κ3) is 20.6. The van der Waals surface area contributed by atoms with Crippen LogP contribution >= 0.6 is 125 Å². The number of aryl methyl sites for hydroxylation is 4. The Balaban J connectivity index is 0.000000179. The number of carbonyl (C=O) groups is 2. The Morgan fingerprint density at radius 2 is 0.471 bits per heavy atom. The van der Waals surface area contributed by atoms with Gasteiger partial charge in [0, 0.05) is 78.9 Å². The van der Waals surface area contributed by atoms with E-state index in [-0.39, 0.29) is 0 Å². The molecule has 21 heteroatoms. The molecule has 140 heavy (non-hydrogen) atoms. The lowest BCUT2D eigenvalue weighted by Crippen LogP contribution is -2.38. The Labute approximate surface area is 871 Å². The third-order valence-corrected chi connectivity index (χ3v) is 36.8. The van der Waals surface area contributed by atoms with Gasteiger partial charge < -0.3 is 37.9 Å². The smallest absolute Gasteiger partial charge is 0.187 e. The summed E-state index contributed by atoms with van der Waals surface area (Å²) in [6.45, 7) is 20.3. The molecule has 726 valence electrons. The van der Waals surface area contributed by atoms with Gasteiger partial charge in [0.2, 0.25) is 0 Å². The topological polar surface area (TPSA) is 108 Å². The van der Waals surface area contributed by atoms with E-state index in [0.29, 0.717) is 34.5 Å². The van der Waals surface area contributed by atoms with E-state index in [4.69, 9.17) is 72.7 Å². The summed E-state index contributed by atoms with van der Waals surface area (Å²) in [7, 11) is 0. The fraction of sp³-hybridized carbons (Fsp3) is 0.345. The lowest BCUT2D eigenvalue weighted by molar-refractivity contribution is 0.111. The molecule has 0 radical (unpaired) electrons. The SMILES string of the molecule is CCCCCCCCOc1ccc(C2(c3ccc(C)cc3)Oc3cc(C=O)sc3-c3sc4c5c(sc4c32)-c2sc(C=O)cc2OC5(c2ccc(C)cc2)c2ccc(OCCCCCCCC)cc2)cc1.CCCCCCCCOc1ccc(C2(c3ccc(C)cc3)Oc3ccsc3-c3sc4c5c(sc4c32)-c2sccc2OC5(c2ccc(C)cc2)c2ccc(OCCCCCCCC)cc2)cc1.ClC(Cl)Cl. The quantitative estimate of drug-likeness (QED) is 0.0208. The van der Waals surface area contributed by atoms with Crippen molar-refractivity contribution in [2.24, 2.45) is 0 Å². The molecule has 4 atom stereocenters. The van der Waals surface area contributed by atoms with Crippen LogP contribution in [0.25, 0.3) is 57.8 Å². The number of aldehydes is 2. The monoisotopic (exact) mass is 2070 g/mol. The van der Waals surface area contributed by atoms with Crippen LogP contribution in [0.1, 0.15) is 290 Å². The van der Waals surface area contributed by atoms with Crippen LogP contribution in [-0.2, 0) is 22.4 Å². The maximum absolute atomic E-state index is 12.6. The Morgan fingerprint density at radius 1 is 0.264 bits per heavy atom. The second kappa shape index (κ2) is 46.0. The van der Waals surface area contributed by atoms with Crippen molar-refractivity contribution in [3.63, 3.8) is 0 Å². The normalized spacial score (nSPS) is 16.7. The van der Waals surface area contributed by atoms with Crippen LogP contribution in [-0.4, -0.2) is 43.3 Å². The summed E-state index contributed by atoms with van der Waals surface area (Å²) >= 11 is 28.2.